The number of halogens is 7. The van der Waals surface area contributed by atoms with Gasteiger partial charge in [0.15, 0.2) is 5.82 Å². The quantitative estimate of drug-likeness (QED) is 0.249. The lowest BCUT2D eigenvalue weighted by molar-refractivity contribution is -0.143. The van der Waals surface area contributed by atoms with Crippen LogP contribution in [-0.2, 0) is 30.1 Å². The molecule has 1 aromatic heterocycles. The molecule has 0 aliphatic carbocycles. The summed E-state index contributed by atoms with van der Waals surface area (Å²) in [5.74, 6) is 0.254. The highest BCUT2D eigenvalue weighted by Crippen LogP contribution is 2.36. The van der Waals surface area contributed by atoms with Gasteiger partial charge in [-0.05, 0) is 60.8 Å². The van der Waals surface area contributed by atoms with E-state index in [4.69, 9.17) is 4.74 Å². The van der Waals surface area contributed by atoms with E-state index in [0.29, 0.717) is 31.0 Å². The van der Waals surface area contributed by atoms with E-state index in [1.54, 1.807) is 12.1 Å². The first-order valence-electron chi connectivity index (χ1n) is 12.8. The van der Waals surface area contributed by atoms with Crippen molar-refractivity contribution in [1.29, 1.82) is 0 Å². The van der Waals surface area contributed by atoms with E-state index in [2.05, 4.69) is 30.4 Å². The van der Waals surface area contributed by atoms with Crippen molar-refractivity contribution in [3.63, 3.8) is 0 Å². The molecule has 2 aromatic carbocycles. The van der Waals surface area contributed by atoms with E-state index >= 15 is 0 Å². The predicted octanol–water partition coefficient (Wildman–Crippen LogP) is 5.27. The topological polar surface area (TPSA) is 70.2 Å². The average Bonchev–Trinajstić information content (AvgIpc) is 3.43. The molecule has 1 aliphatic rings. The first-order chi connectivity index (χ1) is 19.0. The summed E-state index contributed by atoms with van der Waals surface area (Å²) in [6.45, 7) is 3.32. The van der Waals surface area contributed by atoms with Crippen LogP contribution in [-0.4, -0.2) is 69.8 Å². The van der Waals surface area contributed by atoms with E-state index in [1.807, 2.05) is 0 Å². The molecule has 1 N–H and O–H groups in total. The summed E-state index contributed by atoms with van der Waals surface area (Å²) < 4.78 is 98.6. The number of ether oxygens (including phenoxy) is 1. The number of unbranched alkanes of at least 4 members (excludes halogenated alkanes) is 1. The van der Waals surface area contributed by atoms with Crippen molar-refractivity contribution in [3.05, 3.63) is 76.4 Å². The molecular weight excluding hydrogens is 545 g/mol. The van der Waals surface area contributed by atoms with Crippen LogP contribution in [0.4, 0.5) is 30.7 Å². The third-order valence-electron chi connectivity index (χ3n) is 6.81. The van der Waals surface area contributed by atoms with Crippen LogP contribution in [0.1, 0.15) is 47.0 Å². The van der Waals surface area contributed by atoms with Crippen LogP contribution >= 0.6 is 0 Å². The van der Waals surface area contributed by atoms with Crippen molar-refractivity contribution in [2.45, 2.75) is 44.3 Å². The summed E-state index contributed by atoms with van der Waals surface area (Å²) in [4.78, 5) is 4.45. The molecule has 1 saturated heterocycles. The molecule has 1 fully saturated rings. The Morgan fingerprint density at radius 2 is 1.52 bits per heavy atom. The molecule has 218 valence electrons. The van der Waals surface area contributed by atoms with Gasteiger partial charge in [0.1, 0.15) is 5.82 Å². The van der Waals surface area contributed by atoms with E-state index < -0.39 is 35.9 Å². The number of hydrogen-bond acceptors (Lipinski definition) is 6. The van der Waals surface area contributed by atoms with Crippen molar-refractivity contribution in [2.75, 3.05) is 39.3 Å². The molecular formula is C26H29F7N6O. The van der Waals surface area contributed by atoms with Crippen molar-refractivity contribution >= 4 is 0 Å². The van der Waals surface area contributed by atoms with E-state index in [1.165, 1.54) is 12.1 Å². The molecule has 40 heavy (non-hydrogen) atoms. The Balaban J connectivity index is 1.36. The van der Waals surface area contributed by atoms with Gasteiger partial charge in [-0.15, -0.1) is 10.2 Å². The number of H-pyrrole nitrogens is 1. The van der Waals surface area contributed by atoms with Gasteiger partial charge in [-0.2, -0.15) is 31.6 Å². The van der Waals surface area contributed by atoms with Crippen LogP contribution in [0.25, 0.3) is 0 Å². The van der Waals surface area contributed by atoms with E-state index in [0.717, 1.165) is 44.5 Å². The zero-order chi connectivity index (χ0) is 28.8. The van der Waals surface area contributed by atoms with E-state index in [-0.39, 0.29) is 24.3 Å². The van der Waals surface area contributed by atoms with Gasteiger partial charge in [0.25, 0.3) is 0 Å². The third kappa shape index (κ3) is 8.45. The molecule has 1 unspecified atom stereocenters. The summed E-state index contributed by atoms with van der Waals surface area (Å²) in [5, 5.41) is 13.8. The second kappa shape index (κ2) is 13.0. The first-order valence-corrected chi connectivity index (χ1v) is 12.8. The minimum Gasteiger partial charge on any atom is -0.375 e. The fourth-order valence-corrected chi connectivity index (χ4v) is 4.69. The SMILES string of the molecule is Fc1ccc(C(COCc2cc(C(F)(F)F)cc(C(F)(F)F)c2)N2CCN(CCCCc3nn[nH]n3)CC2)cc1. The van der Waals surface area contributed by atoms with Gasteiger partial charge < -0.3 is 9.64 Å². The molecule has 14 heteroatoms. The highest BCUT2D eigenvalue weighted by atomic mass is 19.4. The molecule has 2 heterocycles. The summed E-state index contributed by atoms with van der Waals surface area (Å²) in [6, 6.07) is 6.91. The fraction of sp³-hybridized carbons (Fsp3) is 0.500. The summed E-state index contributed by atoms with van der Waals surface area (Å²) >= 11 is 0. The number of piperazine rings is 1. The standard InChI is InChI=1S/C26H29F7N6O/c27-22-6-4-19(5-7-22)23(39-11-9-38(10-12-39)8-2-1-3-24-34-36-37-35-24)17-40-16-18-13-20(25(28,29)30)15-21(14-18)26(31,32)33/h4-7,13-15,23H,1-3,8-12,16-17H2,(H,34,35,36,37). The average molecular weight is 575 g/mol. The normalized spacial score (nSPS) is 16.4. The van der Waals surface area contributed by atoms with Gasteiger partial charge in [-0.3, -0.25) is 4.90 Å². The number of rotatable bonds is 11. The Morgan fingerprint density at radius 3 is 2.10 bits per heavy atom. The Bertz CT molecular complexity index is 1160. The number of nitrogens with zero attached hydrogens (tertiary/aromatic N) is 5. The highest BCUT2D eigenvalue weighted by Gasteiger charge is 2.37. The minimum atomic E-state index is -4.93. The second-order valence-electron chi connectivity index (χ2n) is 9.66. The molecule has 3 aromatic rings. The maximum absolute atomic E-state index is 13.6. The predicted molar refractivity (Wildman–Crippen MR) is 130 cm³/mol. The maximum Gasteiger partial charge on any atom is 0.416 e. The molecule has 0 saturated carbocycles. The Hall–Kier alpha value is -3.10. The lowest BCUT2D eigenvalue weighted by Crippen LogP contribution is -2.48. The number of aromatic nitrogens is 4. The lowest BCUT2D eigenvalue weighted by atomic mass is 10.0. The Kier molecular flexibility index (Phi) is 9.74. The van der Waals surface area contributed by atoms with Crippen molar-refractivity contribution in [2.24, 2.45) is 0 Å². The van der Waals surface area contributed by atoms with Gasteiger partial charge in [0, 0.05) is 32.6 Å². The summed E-state index contributed by atoms with van der Waals surface area (Å²) in [7, 11) is 0. The van der Waals surface area contributed by atoms with Crippen LogP contribution < -0.4 is 0 Å². The van der Waals surface area contributed by atoms with Crippen LogP contribution in [0.2, 0.25) is 0 Å². The second-order valence-corrected chi connectivity index (χ2v) is 9.66. The number of hydrogen-bond donors (Lipinski definition) is 1. The minimum absolute atomic E-state index is 0.00787. The fourth-order valence-electron chi connectivity index (χ4n) is 4.69. The zero-order valence-electron chi connectivity index (χ0n) is 21.5. The van der Waals surface area contributed by atoms with Gasteiger partial charge >= 0.3 is 12.4 Å². The van der Waals surface area contributed by atoms with Crippen molar-refractivity contribution in [1.82, 2.24) is 30.4 Å². The smallest absolute Gasteiger partial charge is 0.375 e. The molecule has 7 nitrogen and oxygen atoms in total. The van der Waals surface area contributed by atoms with Crippen LogP contribution in [0.5, 0.6) is 0 Å². The number of tetrazole rings is 1. The number of alkyl halides is 6. The highest BCUT2D eigenvalue weighted by molar-refractivity contribution is 5.33. The van der Waals surface area contributed by atoms with Crippen LogP contribution in [0.3, 0.4) is 0 Å². The molecule has 1 aliphatic heterocycles. The summed E-state index contributed by atoms with van der Waals surface area (Å²) in [5.41, 5.74) is -2.26. The molecule has 0 bridgehead atoms. The zero-order valence-corrected chi connectivity index (χ0v) is 21.5. The van der Waals surface area contributed by atoms with Crippen molar-refractivity contribution in [3.8, 4) is 0 Å². The molecule has 0 spiro atoms. The number of benzene rings is 2. The van der Waals surface area contributed by atoms with Gasteiger partial charge in [-0.25, -0.2) is 4.39 Å². The lowest BCUT2D eigenvalue weighted by Gasteiger charge is -2.39. The largest absolute Gasteiger partial charge is 0.416 e. The number of aryl methyl sites for hydroxylation is 1. The molecule has 0 radical (unpaired) electrons. The molecule has 4 rings (SSSR count). The monoisotopic (exact) mass is 574 g/mol. The Morgan fingerprint density at radius 1 is 0.875 bits per heavy atom. The third-order valence-corrected chi connectivity index (χ3v) is 6.81. The van der Waals surface area contributed by atoms with Crippen molar-refractivity contribution < 1.29 is 35.5 Å². The van der Waals surface area contributed by atoms with Crippen LogP contribution in [0, 0.1) is 5.82 Å². The molecule has 1 atom stereocenters. The number of nitrogens with one attached hydrogen (secondary N) is 1. The Labute approximate surface area is 226 Å². The van der Waals surface area contributed by atoms with Gasteiger partial charge in [0.05, 0.1) is 30.4 Å². The number of aromatic amines is 1. The first kappa shape index (κ1) is 29.9. The summed E-state index contributed by atoms with van der Waals surface area (Å²) in [6.07, 6.45) is -7.26. The van der Waals surface area contributed by atoms with Crippen LogP contribution in [0.15, 0.2) is 42.5 Å². The molecule has 0 amide bonds. The van der Waals surface area contributed by atoms with Gasteiger partial charge in [-0.1, -0.05) is 17.3 Å². The van der Waals surface area contributed by atoms with E-state index in [9.17, 15) is 30.7 Å². The maximum atomic E-state index is 13.6. The van der Waals surface area contributed by atoms with Gasteiger partial charge in [0.2, 0.25) is 0 Å².